The number of nitrogens with one attached hydrogen (secondary N) is 2. The van der Waals surface area contributed by atoms with Crippen molar-refractivity contribution in [3.05, 3.63) is 0 Å². The van der Waals surface area contributed by atoms with Gasteiger partial charge >= 0.3 is 0 Å². The molecule has 5 heteroatoms. The number of sulfonamides is 1. The number of hydrogen-bond acceptors (Lipinski definition) is 3. The highest BCUT2D eigenvalue weighted by molar-refractivity contribution is 7.89. The molecule has 84 valence electrons. The molecule has 0 radical (unpaired) electrons. The Morgan fingerprint density at radius 3 is 2.57 bits per heavy atom. The molecule has 0 heterocycles. The highest BCUT2D eigenvalue weighted by Crippen LogP contribution is 2.36. The first-order chi connectivity index (χ1) is 6.55. The van der Waals surface area contributed by atoms with E-state index >= 15 is 0 Å². The average molecular weight is 220 g/mol. The third-order valence-corrected chi connectivity index (χ3v) is 4.11. The lowest BCUT2D eigenvalue weighted by Gasteiger charge is -2.05. The van der Waals surface area contributed by atoms with E-state index in [0.717, 1.165) is 6.54 Å². The zero-order valence-electron chi connectivity index (χ0n) is 8.91. The van der Waals surface area contributed by atoms with Crippen molar-refractivity contribution in [2.24, 2.45) is 11.8 Å². The first-order valence-corrected chi connectivity index (χ1v) is 6.82. The van der Waals surface area contributed by atoms with Crippen molar-refractivity contribution in [2.45, 2.75) is 19.8 Å². The summed E-state index contributed by atoms with van der Waals surface area (Å²) in [5, 5.41) is 2.93. The van der Waals surface area contributed by atoms with E-state index in [-0.39, 0.29) is 5.75 Å². The Hall–Kier alpha value is -0.130. The van der Waals surface area contributed by atoms with E-state index in [1.807, 2.05) is 7.05 Å². The van der Waals surface area contributed by atoms with E-state index in [4.69, 9.17) is 0 Å². The lowest BCUT2D eigenvalue weighted by molar-refractivity contribution is 0.570. The quantitative estimate of drug-likeness (QED) is 0.601. The summed E-state index contributed by atoms with van der Waals surface area (Å²) >= 11 is 0. The van der Waals surface area contributed by atoms with Gasteiger partial charge in [0, 0.05) is 6.54 Å². The molecule has 0 aromatic carbocycles. The van der Waals surface area contributed by atoms with Gasteiger partial charge in [-0.05, 0) is 38.3 Å². The van der Waals surface area contributed by atoms with Crippen LogP contribution in [-0.2, 0) is 10.0 Å². The molecule has 0 bridgehead atoms. The first-order valence-electron chi connectivity index (χ1n) is 5.17. The minimum absolute atomic E-state index is 0.231. The molecule has 1 aliphatic rings. The molecule has 2 unspecified atom stereocenters. The third-order valence-electron chi connectivity index (χ3n) is 2.68. The van der Waals surface area contributed by atoms with Gasteiger partial charge in [0.15, 0.2) is 0 Å². The summed E-state index contributed by atoms with van der Waals surface area (Å²) < 4.78 is 25.5. The molecule has 0 aromatic rings. The van der Waals surface area contributed by atoms with Crippen molar-refractivity contribution in [3.63, 3.8) is 0 Å². The summed E-state index contributed by atoms with van der Waals surface area (Å²) in [7, 11) is -1.20. The van der Waals surface area contributed by atoms with E-state index in [2.05, 4.69) is 17.0 Å². The summed E-state index contributed by atoms with van der Waals surface area (Å²) in [6.07, 6.45) is 1.84. The van der Waals surface area contributed by atoms with E-state index in [1.165, 1.54) is 6.42 Å². The molecule has 1 saturated carbocycles. The predicted octanol–water partition coefficient (Wildman–Crippen LogP) is 0.171. The summed E-state index contributed by atoms with van der Waals surface area (Å²) in [6.45, 7) is 3.53. The Bertz CT molecular complexity index is 264. The van der Waals surface area contributed by atoms with Crippen LogP contribution in [0.2, 0.25) is 0 Å². The summed E-state index contributed by atoms with van der Waals surface area (Å²) in [5.41, 5.74) is 0. The van der Waals surface area contributed by atoms with Gasteiger partial charge in [-0.25, -0.2) is 13.1 Å². The van der Waals surface area contributed by atoms with Crippen LogP contribution in [-0.4, -0.2) is 34.3 Å². The Kier molecular flexibility index (Phi) is 4.34. The molecule has 0 aliphatic heterocycles. The molecule has 1 fully saturated rings. The van der Waals surface area contributed by atoms with Crippen LogP contribution in [0.3, 0.4) is 0 Å². The standard InChI is InChI=1S/C9H20N2O2S/c1-8-6-9(8)7-11-14(12,13)5-3-4-10-2/h8-11H,3-7H2,1-2H3. The second kappa shape index (κ2) is 5.09. The van der Waals surface area contributed by atoms with Crippen molar-refractivity contribution < 1.29 is 8.42 Å². The van der Waals surface area contributed by atoms with Gasteiger partial charge in [0.2, 0.25) is 10.0 Å². The van der Waals surface area contributed by atoms with Crippen molar-refractivity contribution in [1.82, 2.24) is 10.0 Å². The average Bonchev–Trinajstić information content (AvgIpc) is 2.79. The first kappa shape index (κ1) is 11.9. The molecule has 4 nitrogen and oxygen atoms in total. The highest BCUT2D eigenvalue weighted by Gasteiger charge is 2.32. The third kappa shape index (κ3) is 4.39. The lowest BCUT2D eigenvalue weighted by atomic mass is 10.3. The van der Waals surface area contributed by atoms with Gasteiger partial charge in [0.1, 0.15) is 0 Å². The molecule has 0 spiro atoms. The molecule has 1 aliphatic carbocycles. The van der Waals surface area contributed by atoms with Gasteiger partial charge in [-0.3, -0.25) is 0 Å². The van der Waals surface area contributed by atoms with Gasteiger partial charge in [0.05, 0.1) is 5.75 Å². The fourth-order valence-electron chi connectivity index (χ4n) is 1.43. The minimum Gasteiger partial charge on any atom is -0.320 e. The fourth-order valence-corrected chi connectivity index (χ4v) is 2.57. The smallest absolute Gasteiger partial charge is 0.211 e. The summed E-state index contributed by atoms with van der Waals surface area (Å²) in [4.78, 5) is 0. The zero-order chi connectivity index (χ0) is 10.6. The predicted molar refractivity (Wildman–Crippen MR) is 57.6 cm³/mol. The summed E-state index contributed by atoms with van der Waals surface area (Å²) in [6, 6.07) is 0. The molecule has 14 heavy (non-hydrogen) atoms. The molecule has 0 aromatic heterocycles. The van der Waals surface area contributed by atoms with Crippen LogP contribution in [0, 0.1) is 11.8 Å². The molecule has 0 saturated heterocycles. The Morgan fingerprint density at radius 1 is 1.43 bits per heavy atom. The molecule has 2 atom stereocenters. The van der Waals surface area contributed by atoms with Crippen molar-refractivity contribution in [1.29, 1.82) is 0 Å². The van der Waals surface area contributed by atoms with Gasteiger partial charge < -0.3 is 5.32 Å². The van der Waals surface area contributed by atoms with E-state index in [9.17, 15) is 8.42 Å². The van der Waals surface area contributed by atoms with E-state index < -0.39 is 10.0 Å². The van der Waals surface area contributed by atoms with Gasteiger partial charge in [-0.15, -0.1) is 0 Å². The second-order valence-corrected chi connectivity index (χ2v) is 6.02. The minimum atomic E-state index is -3.02. The molecular weight excluding hydrogens is 200 g/mol. The van der Waals surface area contributed by atoms with E-state index in [0.29, 0.717) is 24.8 Å². The zero-order valence-corrected chi connectivity index (χ0v) is 9.73. The SMILES string of the molecule is CNCCCS(=O)(=O)NCC1CC1C. The van der Waals surface area contributed by atoms with Gasteiger partial charge in [0.25, 0.3) is 0 Å². The Balaban J connectivity index is 2.14. The molecule has 0 amide bonds. The largest absolute Gasteiger partial charge is 0.320 e. The van der Waals surface area contributed by atoms with Crippen LogP contribution in [0.5, 0.6) is 0 Å². The lowest BCUT2D eigenvalue weighted by Crippen LogP contribution is -2.29. The molecule has 1 rings (SSSR count). The molecule has 2 N–H and O–H groups in total. The summed E-state index contributed by atoms with van der Waals surface area (Å²) in [5.74, 6) is 1.51. The van der Waals surface area contributed by atoms with E-state index in [1.54, 1.807) is 0 Å². The van der Waals surface area contributed by atoms with Crippen molar-refractivity contribution in [2.75, 3.05) is 25.9 Å². The van der Waals surface area contributed by atoms with Crippen LogP contribution >= 0.6 is 0 Å². The van der Waals surface area contributed by atoms with Crippen LogP contribution in [0.4, 0.5) is 0 Å². The van der Waals surface area contributed by atoms with Crippen LogP contribution in [0.1, 0.15) is 19.8 Å². The Morgan fingerprint density at radius 2 is 2.07 bits per heavy atom. The Labute approximate surface area is 86.5 Å². The van der Waals surface area contributed by atoms with Crippen LogP contribution < -0.4 is 10.0 Å². The fraction of sp³-hybridized carbons (Fsp3) is 1.00. The number of rotatable bonds is 7. The van der Waals surface area contributed by atoms with Gasteiger partial charge in [-0.2, -0.15) is 0 Å². The molecular formula is C9H20N2O2S. The number of hydrogen-bond donors (Lipinski definition) is 2. The second-order valence-electron chi connectivity index (χ2n) is 4.10. The maximum atomic E-state index is 11.4. The van der Waals surface area contributed by atoms with Gasteiger partial charge in [-0.1, -0.05) is 6.92 Å². The maximum Gasteiger partial charge on any atom is 0.211 e. The monoisotopic (exact) mass is 220 g/mol. The van der Waals surface area contributed by atoms with Crippen molar-refractivity contribution >= 4 is 10.0 Å². The topological polar surface area (TPSA) is 58.2 Å². The van der Waals surface area contributed by atoms with Crippen LogP contribution in [0.25, 0.3) is 0 Å². The van der Waals surface area contributed by atoms with Crippen molar-refractivity contribution in [3.8, 4) is 0 Å². The highest BCUT2D eigenvalue weighted by atomic mass is 32.2. The van der Waals surface area contributed by atoms with Crippen LogP contribution in [0.15, 0.2) is 0 Å². The normalized spacial score (nSPS) is 26.4. The maximum absolute atomic E-state index is 11.4.